The van der Waals surface area contributed by atoms with Crippen LogP contribution >= 0.6 is 0 Å². The Labute approximate surface area is 81.2 Å². The number of hydrazine groups is 1. The van der Waals surface area contributed by atoms with Crippen LogP contribution in [-0.4, -0.2) is 38.2 Å². The molecule has 0 bridgehead atoms. The molecule has 1 aliphatic rings. The van der Waals surface area contributed by atoms with Gasteiger partial charge in [0.25, 0.3) is 0 Å². The Balaban J connectivity index is 1.97. The van der Waals surface area contributed by atoms with Crippen LogP contribution in [0.5, 0.6) is 0 Å². The maximum atomic E-state index is 3.40. The van der Waals surface area contributed by atoms with Crippen molar-refractivity contribution in [1.82, 2.24) is 15.8 Å². The summed E-state index contributed by atoms with van der Waals surface area (Å²) in [5.74, 6) is 0. The Bertz CT molecular complexity index is 139. The largest absolute Gasteiger partial charge is 0.316 e. The summed E-state index contributed by atoms with van der Waals surface area (Å²) in [6, 6.07) is 0. The average molecular weight is 183 g/mol. The third kappa shape index (κ3) is 5.03. The minimum Gasteiger partial charge on any atom is -0.316 e. The van der Waals surface area contributed by atoms with Crippen molar-refractivity contribution in [2.75, 3.05) is 33.2 Å². The molecule has 0 aromatic rings. The first-order chi connectivity index (χ1) is 6.43. The molecule has 0 unspecified atom stereocenters. The van der Waals surface area contributed by atoms with Gasteiger partial charge in [-0.25, -0.2) is 5.01 Å². The van der Waals surface area contributed by atoms with E-state index in [2.05, 4.69) is 27.9 Å². The highest BCUT2D eigenvalue weighted by Gasteiger charge is 2.07. The quantitative estimate of drug-likeness (QED) is 0.616. The van der Waals surface area contributed by atoms with Gasteiger partial charge in [-0.05, 0) is 19.9 Å². The van der Waals surface area contributed by atoms with E-state index in [1.165, 1.54) is 32.4 Å². The summed E-state index contributed by atoms with van der Waals surface area (Å²) in [5.41, 5.74) is 3.40. The lowest BCUT2D eigenvalue weighted by atomic mass is 10.2. The van der Waals surface area contributed by atoms with E-state index in [0.717, 1.165) is 13.1 Å². The number of rotatable bonds is 5. The summed E-state index contributed by atoms with van der Waals surface area (Å²) in [6.07, 6.45) is 8.40. The maximum absolute atomic E-state index is 3.40. The third-order valence-electron chi connectivity index (χ3n) is 2.28. The van der Waals surface area contributed by atoms with Crippen LogP contribution in [0.15, 0.2) is 12.2 Å². The molecular formula is C10H21N3. The minimum atomic E-state index is 0.960. The normalized spacial score (nSPS) is 19.8. The van der Waals surface area contributed by atoms with Gasteiger partial charge in [0, 0.05) is 26.2 Å². The fraction of sp³-hybridized carbons (Fsp3) is 0.800. The van der Waals surface area contributed by atoms with Crippen LogP contribution < -0.4 is 10.7 Å². The van der Waals surface area contributed by atoms with E-state index in [9.17, 15) is 0 Å². The van der Waals surface area contributed by atoms with E-state index in [1.807, 2.05) is 7.05 Å². The van der Waals surface area contributed by atoms with E-state index < -0.39 is 0 Å². The standard InChI is InChI=1S/C10H21N3/c1-11-7-3-4-8-12-13-9-5-2-6-10-13/h3-4,11-12H,2,5-10H2,1H3/b4-3+. The van der Waals surface area contributed by atoms with E-state index in [-0.39, 0.29) is 0 Å². The molecule has 0 radical (unpaired) electrons. The van der Waals surface area contributed by atoms with Crippen molar-refractivity contribution in [2.24, 2.45) is 0 Å². The predicted molar refractivity (Wildman–Crippen MR) is 56.5 cm³/mol. The lowest BCUT2D eigenvalue weighted by Gasteiger charge is -2.26. The molecule has 3 nitrogen and oxygen atoms in total. The van der Waals surface area contributed by atoms with Crippen molar-refractivity contribution in [3.8, 4) is 0 Å². The number of nitrogens with one attached hydrogen (secondary N) is 2. The first-order valence-corrected chi connectivity index (χ1v) is 5.21. The fourth-order valence-corrected chi connectivity index (χ4v) is 1.52. The zero-order valence-electron chi connectivity index (χ0n) is 8.55. The Morgan fingerprint density at radius 3 is 2.46 bits per heavy atom. The highest BCUT2D eigenvalue weighted by Crippen LogP contribution is 2.05. The topological polar surface area (TPSA) is 27.3 Å². The highest BCUT2D eigenvalue weighted by molar-refractivity contribution is 4.84. The first-order valence-electron chi connectivity index (χ1n) is 5.21. The van der Waals surface area contributed by atoms with Crippen molar-refractivity contribution in [2.45, 2.75) is 19.3 Å². The molecule has 76 valence electrons. The third-order valence-corrected chi connectivity index (χ3v) is 2.28. The van der Waals surface area contributed by atoms with Crippen LogP contribution in [0.1, 0.15) is 19.3 Å². The molecule has 0 aliphatic carbocycles. The van der Waals surface area contributed by atoms with Crippen molar-refractivity contribution < 1.29 is 0 Å². The van der Waals surface area contributed by atoms with Crippen LogP contribution in [0.25, 0.3) is 0 Å². The van der Waals surface area contributed by atoms with Gasteiger partial charge < -0.3 is 5.32 Å². The second kappa shape index (κ2) is 7.06. The molecule has 0 spiro atoms. The molecule has 3 heteroatoms. The van der Waals surface area contributed by atoms with E-state index in [0.29, 0.717) is 0 Å². The molecule has 0 aromatic carbocycles. The van der Waals surface area contributed by atoms with Gasteiger partial charge in [-0.3, -0.25) is 5.43 Å². The lowest BCUT2D eigenvalue weighted by Crippen LogP contribution is -2.41. The average Bonchev–Trinajstić information content (AvgIpc) is 2.19. The Morgan fingerprint density at radius 1 is 1.08 bits per heavy atom. The zero-order chi connectivity index (χ0) is 9.36. The summed E-state index contributed by atoms with van der Waals surface area (Å²) in [6.45, 7) is 4.34. The van der Waals surface area contributed by atoms with Crippen LogP contribution in [0, 0.1) is 0 Å². The highest BCUT2D eigenvalue weighted by atomic mass is 15.5. The number of hydrogen-bond donors (Lipinski definition) is 2. The second-order valence-corrected chi connectivity index (χ2v) is 3.44. The summed E-state index contributed by atoms with van der Waals surface area (Å²) < 4.78 is 0. The second-order valence-electron chi connectivity index (χ2n) is 3.44. The van der Waals surface area contributed by atoms with Gasteiger partial charge in [0.15, 0.2) is 0 Å². The lowest BCUT2D eigenvalue weighted by molar-refractivity contribution is 0.162. The van der Waals surface area contributed by atoms with Gasteiger partial charge in [0.2, 0.25) is 0 Å². The molecular weight excluding hydrogens is 162 g/mol. The van der Waals surface area contributed by atoms with Gasteiger partial charge in [0.1, 0.15) is 0 Å². The smallest absolute Gasteiger partial charge is 0.0283 e. The van der Waals surface area contributed by atoms with Crippen molar-refractivity contribution >= 4 is 0 Å². The number of hydrogen-bond acceptors (Lipinski definition) is 3. The zero-order valence-corrected chi connectivity index (χ0v) is 8.55. The molecule has 0 atom stereocenters. The molecule has 1 saturated heterocycles. The maximum Gasteiger partial charge on any atom is 0.0283 e. The molecule has 1 rings (SSSR count). The molecule has 0 amide bonds. The van der Waals surface area contributed by atoms with Crippen LogP contribution in [0.3, 0.4) is 0 Å². The van der Waals surface area contributed by atoms with Gasteiger partial charge in [-0.2, -0.15) is 0 Å². The van der Waals surface area contributed by atoms with Gasteiger partial charge in [-0.15, -0.1) is 0 Å². The molecule has 1 aliphatic heterocycles. The van der Waals surface area contributed by atoms with Crippen molar-refractivity contribution in [1.29, 1.82) is 0 Å². The minimum absolute atomic E-state index is 0.960. The van der Waals surface area contributed by atoms with Crippen LogP contribution in [0.2, 0.25) is 0 Å². The molecule has 1 fully saturated rings. The van der Waals surface area contributed by atoms with Gasteiger partial charge in [-0.1, -0.05) is 18.6 Å². The van der Waals surface area contributed by atoms with Crippen molar-refractivity contribution in [3.63, 3.8) is 0 Å². The molecule has 13 heavy (non-hydrogen) atoms. The van der Waals surface area contributed by atoms with Crippen molar-refractivity contribution in [3.05, 3.63) is 12.2 Å². The van der Waals surface area contributed by atoms with Gasteiger partial charge in [0.05, 0.1) is 0 Å². The van der Waals surface area contributed by atoms with Crippen LogP contribution in [-0.2, 0) is 0 Å². The van der Waals surface area contributed by atoms with E-state index in [1.54, 1.807) is 0 Å². The first kappa shape index (κ1) is 10.7. The van der Waals surface area contributed by atoms with Gasteiger partial charge >= 0.3 is 0 Å². The summed E-state index contributed by atoms with van der Waals surface area (Å²) in [7, 11) is 1.96. The molecule has 0 aromatic heterocycles. The molecule has 2 N–H and O–H groups in total. The Morgan fingerprint density at radius 2 is 1.77 bits per heavy atom. The SMILES string of the molecule is CNC/C=C/CNN1CCCCC1. The fourth-order valence-electron chi connectivity index (χ4n) is 1.52. The summed E-state index contributed by atoms with van der Waals surface area (Å²) in [5, 5.41) is 5.40. The monoisotopic (exact) mass is 183 g/mol. The molecule has 0 saturated carbocycles. The molecule has 1 heterocycles. The Kier molecular flexibility index (Phi) is 5.81. The van der Waals surface area contributed by atoms with Crippen LogP contribution in [0.4, 0.5) is 0 Å². The van der Waals surface area contributed by atoms with E-state index >= 15 is 0 Å². The Hall–Kier alpha value is -0.380. The number of piperidine rings is 1. The van der Waals surface area contributed by atoms with E-state index in [4.69, 9.17) is 0 Å². The summed E-state index contributed by atoms with van der Waals surface area (Å²) >= 11 is 0. The predicted octanol–water partition coefficient (Wildman–Crippen LogP) is 0.752. The summed E-state index contributed by atoms with van der Waals surface area (Å²) in [4.78, 5) is 0. The number of likely N-dealkylation sites (N-methyl/N-ethyl adjacent to an activating group) is 1. The number of nitrogens with zero attached hydrogens (tertiary/aromatic N) is 1.